The minimum atomic E-state index is 0.596. The summed E-state index contributed by atoms with van der Waals surface area (Å²) in [5, 5.41) is 5.71. The zero-order valence-electron chi connectivity index (χ0n) is 13.0. The summed E-state index contributed by atoms with van der Waals surface area (Å²) in [4.78, 5) is 0. The smallest absolute Gasteiger partial charge is 0.124 e. The number of unbranched alkanes of at least 4 members (excludes halogenated alkanes) is 1. The molecule has 3 nitrogen and oxygen atoms in total. The first-order valence-electron chi connectivity index (χ1n) is 7.72. The van der Waals surface area contributed by atoms with Gasteiger partial charge < -0.3 is 14.8 Å². The molecule has 0 unspecified atom stereocenters. The van der Waals surface area contributed by atoms with Gasteiger partial charge >= 0.3 is 0 Å². The first-order valence-corrected chi connectivity index (χ1v) is 7.72. The molecule has 1 N–H and O–H groups in total. The van der Waals surface area contributed by atoms with E-state index in [0.717, 1.165) is 31.7 Å². The van der Waals surface area contributed by atoms with E-state index in [1.807, 2.05) is 7.05 Å². The molecule has 2 aromatic carbocycles. The third-order valence-corrected chi connectivity index (χ3v) is 3.48. The summed E-state index contributed by atoms with van der Waals surface area (Å²) in [6, 6.07) is 12.6. The minimum absolute atomic E-state index is 0.596. The molecule has 0 aliphatic rings. The Morgan fingerprint density at radius 2 is 1.86 bits per heavy atom. The van der Waals surface area contributed by atoms with E-state index in [2.05, 4.69) is 48.6 Å². The molecule has 21 heavy (non-hydrogen) atoms. The molecule has 0 saturated carbocycles. The van der Waals surface area contributed by atoms with Gasteiger partial charge in [-0.3, -0.25) is 0 Å². The average Bonchev–Trinajstić information content (AvgIpc) is 2.52. The number of hydrogen-bond acceptors (Lipinski definition) is 3. The lowest BCUT2D eigenvalue weighted by Gasteiger charge is -2.14. The van der Waals surface area contributed by atoms with Crippen LogP contribution in [0.25, 0.3) is 10.8 Å². The zero-order valence-corrected chi connectivity index (χ0v) is 13.0. The van der Waals surface area contributed by atoms with Gasteiger partial charge in [0.25, 0.3) is 0 Å². The lowest BCUT2D eigenvalue weighted by molar-refractivity contribution is 0.0978. The van der Waals surface area contributed by atoms with Crippen molar-refractivity contribution in [1.82, 2.24) is 5.32 Å². The van der Waals surface area contributed by atoms with Crippen LogP contribution in [0.15, 0.2) is 36.4 Å². The van der Waals surface area contributed by atoms with Crippen molar-refractivity contribution in [2.24, 2.45) is 0 Å². The third-order valence-electron chi connectivity index (χ3n) is 3.48. The molecule has 0 heterocycles. The fourth-order valence-electron chi connectivity index (χ4n) is 2.37. The van der Waals surface area contributed by atoms with E-state index >= 15 is 0 Å². The van der Waals surface area contributed by atoms with Gasteiger partial charge in [0.1, 0.15) is 12.4 Å². The van der Waals surface area contributed by atoms with Crippen LogP contribution in [-0.2, 0) is 11.3 Å². The molecule has 0 aliphatic heterocycles. The van der Waals surface area contributed by atoms with Crippen LogP contribution in [0.1, 0.15) is 25.3 Å². The fourth-order valence-corrected chi connectivity index (χ4v) is 2.37. The molecule has 114 valence electrons. The van der Waals surface area contributed by atoms with Gasteiger partial charge in [0, 0.05) is 18.7 Å². The number of rotatable bonds is 9. The summed E-state index contributed by atoms with van der Waals surface area (Å²) in [7, 11) is 1.96. The van der Waals surface area contributed by atoms with E-state index in [9.17, 15) is 0 Å². The molecule has 0 aromatic heterocycles. The maximum Gasteiger partial charge on any atom is 0.124 e. The third kappa shape index (κ3) is 4.45. The monoisotopic (exact) mass is 287 g/mol. The van der Waals surface area contributed by atoms with E-state index in [0.29, 0.717) is 13.2 Å². The Morgan fingerprint density at radius 3 is 2.67 bits per heavy atom. The van der Waals surface area contributed by atoms with E-state index < -0.39 is 0 Å². The summed E-state index contributed by atoms with van der Waals surface area (Å²) in [5.41, 5.74) is 1.21. The summed E-state index contributed by atoms with van der Waals surface area (Å²) >= 11 is 0. The van der Waals surface area contributed by atoms with Gasteiger partial charge in [-0.15, -0.1) is 0 Å². The molecule has 0 aliphatic carbocycles. The Kier molecular flexibility index (Phi) is 6.51. The normalized spacial score (nSPS) is 11.0. The second kappa shape index (κ2) is 8.65. The highest BCUT2D eigenvalue weighted by Gasteiger charge is 2.07. The van der Waals surface area contributed by atoms with Crippen LogP contribution in [0.2, 0.25) is 0 Å². The average molecular weight is 287 g/mol. The van der Waals surface area contributed by atoms with Gasteiger partial charge in [-0.25, -0.2) is 0 Å². The molecule has 0 radical (unpaired) electrons. The maximum absolute atomic E-state index is 5.91. The summed E-state index contributed by atoms with van der Waals surface area (Å²) < 4.78 is 11.5. The topological polar surface area (TPSA) is 30.5 Å². The highest BCUT2D eigenvalue weighted by molar-refractivity contribution is 5.87. The molecule has 2 aromatic rings. The Balaban J connectivity index is 2.03. The van der Waals surface area contributed by atoms with E-state index in [-0.39, 0.29) is 0 Å². The van der Waals surface area contributed by atoms with E-state index in [1.54, 1.807) is 0 Å². The Morgan fingerprint density at radius 1 is 1.00 bits per heavy atom. The standard InChI is InChI=1S/C18H25NO2/c1-3-4-11-20-12-13-21-18-10-9-15-7-5-6-8-16(15)17(18)14-19-2/h5-10,19H,3-4,11-14H2,1-2H3. The first-order chi connectivity index (χ1) is 10.4. The summed E-state index contributed by atoms with van der Waals surface area (Å²) in [6.07, 6.45) is 2.28. The summed E-state index contributed by atoms with van der Waals surface area (Å²) in [6.45, 7) is 5.03. The van der Waals surface area contributed by atoms with Crippen molar-refractivity contribution in [3.8, 4) is 5.75 Å². The van der Waals surface area contributed by atoms with Gasteiger partial charge in [-0.2, -0.15) is 0 Å². The quantitative estimate of drug-likeness (QED) is 0.712. The molecular weight excluding hydrogens is 262 g/mol. The van der Waals surface area contributed by atoms with Crippen molar-refractivity contribution in [3.05, 3.63) is 42.0 Å². The van der Waals surface area contributed by atoms with Crippen molar-refractivity contribution in [3.63, 3.8) is 0 Å². The Bertz CT molecular complexity index is 554. The SMILES string of the molecule is CCCCOCCOc1ccc2ccccc2c1CNC. The van der Waals surface area contributed by atoms with Crippen molar-refractivity contribution >= 4 is 10.8 Å². The van der Waals surface area contributed by atoms with Crippen LogP contribution in [0.5, 0.6) is 5.75 Å². The zero-order chi connectivity index (χ0) is 14.9. The molecule has 0 bridgehead atoms. The van der Waals surface area contributed by atoms with Gasteiger partial charge in [-0.05, 0) is 30.3 Å². The van der Waals surface area contributed by atoms with Crippen molar-refractivity contribution in [2.45, 2.75) is 26.3 Å². The van der Waals surface area contributed by atoms with Gasteiger partial charge in [0.2, 0.25) is 0 Å². The van der Waals surface area contributed by atoms with Crippen LogP contribution in [0, 0.1) is 0 Å². The van der Waals surface area contributed by atoms with Gasteiger partial charge in [-0.1, -0.05) is 43.7 Å². The highest BCUT2D eigenvalue weighted by atomic mass is 16.5. The van der Waals surface area contributed by atoms with Crippen molar-refractivity contribution in [2.75, 3.05) is 26.9 Å². The second-order valence-corrected chi connectivity index (χ2v) is 5.11. The Labute approximate surface area is 127 Å². The number of hydrogen-bond donors (Lipinski definition) is 1. The molecule has 2 rings (SSSR count). The Hall–Kier alpha value is -1.58. The predicted octanol–water partition coefficient (Wildman–Crippen LogP) is 3.75. The number of benzene rings is 2. The number of ether oxygens (including phenoxy) is 2. The van der Waals surface area contributed by atoms with Crippen LogP contribution in [-0.4, -0.2) is 26.9 Å². The molecule has 0 amide bonds. The van der Waals surface area contributed by atoms with Gasteiger partial charge in [0.05, 0.1) is 6.61 Å². The number of fused-ring (bicyclic) bond motifs is 1. The largest absolute Gasteiger partial charge is 0.491 e. The van der Waals surface area contributed by atoms with Crippen LogP contribution in [0.4, 0.5) is 0 Å². The lowest BCUT2D eigenvalue weighted by atomic mass is 10.0. The maximum atomic E-state index is 5.91. The second-order valence-electron chi connectivity index (χ2n) is 5.11. The highest BCUT2D eigenvalue weighted by Crippen LogP contribution is 2.28. The molecule has 0 atom stereocenters. The molecule has 3 heteroatoms. The molecule has 0 spiro atoms. The van der Waals surface area contributed by atoms with Crippen molar-refractivity contribution < 1.29 is 9.47 Å². The van der Waals surface area contributed by atoms with E-state index in [4.69, 9.17) is 9.47 Å². The summed E-state index contributed by atoms with van der Waals surface area (Å²) in [5.74, 6) is 0.946. The van der Waals surface area contributed by atoms with Gasteiger partial charge in [0.15, 0.2) is 0 Å². The lowest BCUT2D eigenvalue weighted by Crippen LogP contribution is -2.11. The van der Waals surface area contributed by atoms with Crippen LogP contribution in [0.3, 0.4) is 0 Å². The minimum Gasteiger partial charge on any atom is -0.491 e. The van der Waals surface area contributed by atoms with Crippen molar-refractivity contribution in [1.29, 1.82) is 0 Å². The van der Waals surface area contributed by atoms with Crippen LogP contribution < -0.4 is 10.1 Å². The number of nitrogens with one attached hydrogen (secondary N) is 1. The molecule has 0 fully saturated rings. The van der Waals surface area contributed by atoms with Crippen LogP contribution >= 0.6 is 0 Å². The molecular formula is C18H25NO2. The molecule has 0 saturated heterocycles. The first kappa shape index (κ1) is 15.8. The fraction of sp³-hybridized carbons (Fsp3) is 0.444. The predicted molar refractivity (Wildman–Crippen MR) is 87.9 cm³/mol. The van der Waals surface area contributed by atoms with E-state index in [1.165, 1.54) is 16.3 Å².